The van der Waals surface area contributed by atoms with Gasteiger partial charge in [0.1, 0.15) is 18.0 Å². The number of hydrogen-bond acceptors (Lipinski definition) is 5. The van der Waals surface area contributed by atoms with Gasteiger partial charge < -0.3 is 24.2 Å². The normalized spacial score (nSPS) is 10.2. The van der Waals surface area contributed by atoms with Crippen molar-refractivity contribution < 1.29 is 28.9 Å². The van der Waals surface area contributed by atoms with Gasteiger partial charge in [-0.25, -0.2) is 0 Å². The Hall–Kier alpha value is -4.00. The first-order valence-electron chi connectivity index (χ1n) is 9.63. The molecule has 0 bridgehead atoms. The molecule has 0 aliphatic rings. The van der Waals surface area contributed by atoms with E-state index in [0.29, 0.717) is 28.6 Å². The second-order valence-corrected chi connectivity index (χ2v) is 6.61. The van der Waals surface area contributed by atoms with Crippen LogP contribution in [0.3, 0.4) is 0 Å². The molecule has 0 radical (unpaired) electrons. The van der Waals surface area contributed by atoms with Gasteiger partial charge in [-0.05, 0) is 30.3 Å². The molecule has 7 heteroatoms. The van der Waals surface area contributed by atoms with Gasteiger partial charge in [-0.15, -0.1) is 0 Å². The molecule has 3 aromatic rings. The molecule has 0 saturated carbocycles. The van der Waals surface area contributed by atoms with Crippen LogP contribution in [0, 0.1) is 0 Å². The molecule has 7 nitrogen and oxygen atoms in total. The van der Waals surface area contributed by atoms with Crippen molar-refractivity contribution in [3.05, 3.63) is 84.4 Å². The molecule has 0 atom stereocenters. The molecule has 0 aliphatic heterocycles. The summed E-state index contributed by atoms with van der Waals surface area (Å²) in [6, 6.07) is 23.3. The van der Waals surface area contributed by atoms with Crippen LogP contribution in [0.25, 0.3) is 0 Å². The van der Waals surface area contributed by atoms with E-state index in [0.717, 1.165) is 0 Å². The summed E-state index contributed by atoms with van der Waals surface area (Å²) in [5, 5.41) is 9.24. The summed E-state index contributed by atoms with van der Waals surface area (Å²) in [6.07, 6.45) is 0. The summed E-state index contributed by atoms with van der Waals surface area (Å²) in [4.78, 5) is 25.3. The van der Waals surface area contributed by atoms with Crippen LogP contribution in [0.15, 0.2) is 78.9 Å². The fourth-order valence-electron chi connectivity index (χ4n) is 2.93. The molecule has 0 aromatic heterocycles. The number of carbonyl (C=O) groups excluding carboxylic acids is 1. The topological polar surface area (TPSA) is 85.3 Å². The molecular formula is C24H23NO6. The van der Waals surface area contributed by atoms with E-state index in [1.807, 2.05) is 30.3 Å². The van der Waals surface area contributed by atoms with E-state index in [-0.39, 0.29) is 13.2 Å². The highest BCUT2D eigenvalue weighted by Crippen LogP contribution is 2.31. The smallest absolute Gasteiger partial charge is 0.323 e. The summed E-state index contributed by atoms with van der Waals surface area (Å²) in [5.74, 6) is 0.462. The molecule has 0 saturated heterocycles. The van der Waals surface area contributed by atoms with Crippen LogP contribution in [-0.2, 0) is 16.1 Å². The van der Waals surface area contributed by atoms with Gasteiger partial charge in [-0.2, -0.15) is 0 Å². The number of benzene rings is 3. The summed E-state index contributed by atoms with van der Waals surface area (Å²) < 4.78 is 16.8. The van der Waals surface area contributed by atoms with E-state index >= 15 is 0 Å². The maximum atomic E-state index is 12.8. The SMILES string of the molecule is COc1ccccc1CN(CC(=O)O)C(=O)COc1ccccc1Oc1ccccc1. The lowest BCUT2D eigenvalue weighted by Gasteiger charge is -2.22. The lowest BCUT2D eigenvalue weighted by molar-refractivity contribution is -0.145. The Bertz CT molecular complexity index is 1020. The van der Waals surface area contributed by atoms with Gasteiger partial charge in [-0.3, -0.25) is 9.59 Å². The van der Waals surface area contributed by atoms with Gasteiger partial charge >= 0.3 is 5.97 Å². The minimum atomic E-state index is -1.11. The summed E-state index contributed by atoms with van der Waals surface area (Å²) in [5.41, 5.74) is 0.701. The molecule has 0 fully saturated rings. The molecule has 1 amide bonds. The molecule has 0 spiro atoms. The fourth-order valence-corrected chi connectivity index (χ4v) is 2.93. The van der Waals surface area contributed by atoms with Crippen LogP contribution in [0.1, 0.15) is 5.56 Å². The van der Waals surface area contributed by atoms with Gasteiger partial charge in [0.05, 0.1) is 13.7 Å². The van der Waals surface area contributed by atoms with Crippen molar-refractivity contribution in [1.29, 1.82) is 0 Å². The van der Waals surface area contributed by atoms with Crippen LogP contribution in [-0.4, -0.2) is 42.1 Å². The number of rotatable bonds is 10. The minimum Gasteiger partial charge on any atom is -0.496 e. The number of carbonyl (C=O) groups is 2. The van der Waals surface area contributed by atoms with E-state index < -0.39 is 18.4 Å². The summed E-state index contributed by atoms with van der Waals surface area (Å²) >= 11 is 0. The van der Waals surface area contributed by atoms with Crippen molar-refractivity contribution >= 4 is 11.9 Å². The van der Waals surface area contributed by atoms with Crippen LogP contribution in [0.2, 0.25) is 0 Å². The Morgan fingerprint density at radius 2 is 1.45 bits per heavy atom. The molecule has 160 valence electrons. The Labute approximate surface area is 180 Å². The van der Waals surface area contributed by atoms with Gasteiger partial charge in [-0.1, -0.05) is 48.5 Å². The molecular weight excluding hydrogens is 398 g/mol. The number of methoxy groups -OCH3 is 1. The number of aliphatic carboxylic acids is 1. The Morgan fingerprint density at radius 1 is 0.839 bits per heavy atom. The van der Waals surface area contributed by atoms with Crippen molar-refractivity contribution in [3.63, 3.8) is 0 Å². The third-order valence-electron chi connectivity index (χ3n) is 4.40. The van der Waals surface area contributed by atoms with E-state index in [1.165, 1.54) is 12.0 Å². The fraction of sp³-hybridized carbons (Fsp3) is 0.167. The zero-order valence-corrected chi connectivity index (χ0v) is 17.1. The van der Waals surface area contributed by atoms with E-state index in [4.69, 9.17) is 14.2 Å². The van der Waals surface area contributed by atoms with Gasteiger partial charge in [0, 0.05) is 5.56 Å². The Balaban J connectivity index is 1.70. The van der Waals surface area contributed by atoms with Crippen LogP contribution in [0.5, 0.6) is 23.0 Å². The lowest BCUT2D eigenvalue weighted by Crippen LogP contribution is -2.38. The lowest BCUT2D eigenvalue weighted by atomic mass is 10.2. The number of carboxylic acids is 1. The zero-order chi connectivity index (χ0) is 22.1. The minimum absolute atomic E-state index is 0.0840. The van der Waals surface area contributed by atoms with Crippen LogP contribution >= 0.6 is 0 Å². The van der Waals surface area contributed by atoms with Crippen molar-refractivity contribution in [3.8, 4) is 23.0 Å². The Kier molecular flexibility index (Phi) is 7.48. The molecule has 3 rings (SSSR count). The molecule has 0 aliphatic carbocycles. The molecule has 0 unspecified atom stereocenters. The van der Waals surface area contributed by atoms with E-state index in [9.17, 15) is 14.7 Å². The first-order valence-corrected chi connectivity index (χ1v) is 9.63. The monoisotopic (exact) mass is 421 g/mol. The average Bonchev–Trinajstić information content (AvgIpc) is 2.78. The standard InChI is InChI=1S/C24H23NO6/c1-29-20-12-6-5-9-18(20)15-25(16-24(27)28)23(26)17-30-21-13-7-8-14-22(21)31-19-10-3-2-4-11-19/h2-14H,15-17H2,1H3,(H,27,28). The van der Waals surface area contributed by atoms with Crippen molar-refractivity contribution in [2.24, 2.45) is 0 Å². The first kappa shape index (κ1) is 21.7. The first-order chi connectivity index (χ1) is 15.1. The maximum absolute atomic E-state index is 12.8. The highest BCUT2D eigenvalue weighted by Gasteiger charge is 2.20. The highest BCUT2D eigenvalue weighted by molar-refractivity contribution is 5.82. The number of ether oxygens (including phenoxy) is 3. The van der Waals surface area contributed by atoms with Gasteiger partial charge in [0.15, 0.2) is 18.1 Å². The number of amides is 1. The molecule has 3 aromatic carbocycles. The number of hydrogen-bond donors (Lipinski definition) is 1. The van der Waals surface area contributed by atoms with Crippen molar-refractivity contribution in [2.45, 2.75) is 6.54 Å². The van der Waals surface area contributed by atoms with E-state index in [2.05, 4.69) is 0 Å². The van der Waals surface area contributed by atoms with Gasteiger partial charge in [0.25, 0.3) is 5.91 Å². The average molecular weight is 421 g/mol. The quantitative estimate of drug-likeness (QED) is 0.533. The second-order valence-electron chi connectivity index (χ2n) is 6.61. The summed E-state index contributed by atoms with van der Waals surface area (Å²) in [6.45, 7) is -0.708. The third kappa shape index (κ3) is 6.24. The maximum Gasteiger partial charge on any atom is 0.323 e. The Morgan fingerprint density at radius 3 is 2.13 bits per heavy atom. The molecule has 31 heavy (non-hydrogen) atoms. The van der Waals surface area contributed by atoms with Crippen LogP contribution in [0.4, 0.5) is 0 Å². The largest absolute Gasteiger partial charge is 0.496 e. The highest BCUT2D eigenvalue weighted by atomic mass is 16.5. The second kappa shape index (κ2) is 10.7. The number of nitrogens with zero attached hydrogens (tertiary/aromatic N) is 1. The predicted octanol–water partition coefficient (Wildman–Crippen LogP) is 3.98. The third-order valence-corrected chi connectivity index (χ3v) is 4.40. The van der Waals surface area contributed by atoms with Crippen molar-refractivity contribution in [2.75, 3.05) is 20.3 Å². The number of para-hydroxylation sites is 4. The van der Waals surface area contributed by atoms with E-state index in [1.54, 1.807) is 48.5 Å². The molecule has 0 heterocycles. The predicted molar refractivity (Wildman–Crippen MR) is 114 cm³/mol. The zero-order valence-electron chi connectivity index (χ0n) is 17.1. The van der Waals surface area contributed by atoms with Crippen LogP contribution < -0.4 is 14.2 Å². The molecule has 1 N–H and O–H groups in total. The summed E-state index contributed by atoms with van der Waals surface area (Å²) in [7, 11) is 1.52. The van der Waals surface area contributed by atoms with Crippen molar-refractivity contribution in [1.82, 2.24) is 4.90 Å². The number of carboxylic acid groups (broad SMARTS) is 1. The van der Waals surface area contributed by atoms with Gasteiger partial charge in [0.2, 0.25) is 0 Å².